The van der Waals surface area contributed by atoms with Crippen molar-refractivity contribution < 1.29 is 4.79 Å². The second-order valence-electron chi connectivity index (χ2n) is 4.20. The maximum Gasteiger partial charge on any atom is 0.259 e. The molecule has 1 aromatic heterocycles. The van der Waals surface area contributed by atoms with Crippen LogP contribution in [0.2, 0.25) is 5.02 Å². The average molecular weight is 355 g/mol. The molecule has 0 fully saturated rings. The summed E-state index contributed by atoms with van der Waals surface area (Å²) in [6, 6.07) is 7.10. The number of hydrogen-bond donors (Lipinski definition) is 2. The third kappa shape index (κ3) is 3.29. The van der Waals surface area contributed by atoms with Crippen LogP contribution in [0.4, 0.5) is 11.4 Å². The molecule has 0 bridgehead atoms. The molecular formula is C14H13BrClN3O. The molecule has 4 nitrogen and oxygen atoms in total. The molecule has 2 aromatic rings. The van der Waals surface area contributed by atoms with Gasteiger partial charge in [-0.3, -0.25) is 9.78 Å². The molecule has 2 rings (SSSR count). The van der Waals surface area contributed by atoms with Gasteiger partial charge in [-0.15, -0.1) is 0 Å². The summed E-state index contributed by atoms with van der Waals surface area (Å²) in [4.78, 5) is 16.4. The fourth-order valence-electron chi connectivity index (χ4n) is 1.73. The zero-order chi connectivity index (χ0) is 14.7. The maximum absolute atomic E-state index is 12.3. The van der Waals surface area contributed by atoms with Gasteiger partial charge in [0.05, 0.1) is 22.0 Å². The molecule has 0 saturated heterocycles. The molecule has 0 aliphatic rings. The van der Waals surface area contributed by atoms with E-state index in [0.29, 0.717) is 16.3 Å². The van der Waals surface area contributed by atoms with Crippen molar-refractivity contribution in [2.75, 3.05) is 17.7 Å². The van der Waals surface area contributed by atoms with Crippen LogP contribution in [-0.4, -0.2) is 17.9 Å². The molecule has 1 aromatic carbocycles. The molecular weight excluding hydrogens is 342 g/mol. The Bertz CT molecular complexity index is 661. The molecule has 0 radical (unpaired) electrons. The lowest BCUT2D eigenvalue weighted by molar-refractivity contribution is 0.102. The first-order valence-corrected chi connectivity index (χ1v) is 7.09. The number of pyridine rings is 1. The van der Waals surface area contributed by atoms with E-state index in [2.05, 4.69) is 31.5 Å². The number of anilines is 2. The van der Waals surface area contributed by atoms with Gasteiger partial charge in [0, 0.05) is 23.4 Å². The maximum atomic E-state index is 12.3. The summed E-state index contributed by atoms with van der Waals surface area (Å²) in [5, 5.41) is 6.23. The van der Waals surface area contributed by atoms with Gasteiger partial charge < -0.3 is 10.6 Å². The number of hydrogen-bond acceptors (Lipinski definition) is 3. The van der Waals surface area contributed by atoms with Crippen LogP contribution in [0.1, 0.15) is 16.1 Å². The number of nitrogens with one attached hydrogen (secondary N) is 2. The van der Waals surface area contributed by atoms with E-state index in [0.717, 1.165) is 15.9 Å². The Morgan fingerprint density at radius 1 is 1.30 bits per heavy atom. The Kier molecular flexibility index (Phi) is 4.62. The lowest BCUT2D eigenvalue weighted by atomic mass is 10.2. The highest BCUT2D eigenvalue weighted by molar-refractivity contribution is 9.10. The SMILES string of the molecule is CNc1cc(C)ncc1C(=O)Nc1ccc(Br)cc1Cl. The molecule has 0 atom stereocenters. The first-order chi connectivity index (χ1) is 9.51. The molecule has 20 heavy (non-hydrogen) atoms. The normalized spacial score (nSPS) is 10.2. The van der Waals surface area contributed by atoms with E-state index < -0.39 is 0 Å². The second kappa shape index (κ2) is 6.24. The lowest BCUT2D eigenvalue weighted by Crippen LogP contribution is -2.15. The summed E-state index contributed by atoms with van der Waals surface area (Å²) in [6.45, 7) is 1.87. The van der Waals surface area contributed by atoms with Crippen LogP contribution in [0.25, 0.3) is 0 Å². The second-order valence-corrected chi connectivity index (χ2v) is 5.52. The standard InChI is InChI=1S/C14H13BrClN3O/c1-8-5-13(17-2)10(7-18-8)14(20)19-12-4-3-9(15)6-11(12)16/h3-7H,1-2H3,(H,17,18)(H,19,20). The van der Waals surface area contributed by atoms with Crippen molar-refractivity contribution in [1.29, 1.82) is 0 Å². The summed E-state index contributed by atoms with van der Waals surface area (Å²) >= 11 is 9.41. The summed E-state index contributed by atoms with van der Waals surface area (Å²) in [7, 11) is 1.76. The fraction of sp³-hybridized carbons (Fsp3) is 0.143. The third-order valence-electron chi connectivity index (χ3n) is 2.73. The van der Waals surface area contributed by atoms with Crippen molar-refractivity contribution >= 4 is 44.8 Å². The molecule has 2 N–H and O–H groups in total. The minimum Gasteiger partial charge on any atom is -0.387 e. The van der Waals surface area contributed by atoms with E-state index in [1.54, 1.807) is 25.4 Å². The minimum atomic E-state index is -0.258. The number of halogens is 2. The third-order valence-corrected chi connectivity index (χ3v) is 3.54. The van der Waals surface area contributed by atoms with Crippen LogP contribution in [0.3, 0.4) is 0 Å². The van der Waals surface area contributed by atoms with Crippen molar-refractivity contribution in [2.45, 2.75) is 6.92 Å². The number of nitrogens with zero attached hydrogens (tertiary/aromatic N) is 1. The highest BCUT2D eigenvalue weighted by atomic mass is 79.9. The molecule has 104 valence electrons. The monoisotopic (exact) mass is 353 g/mol. The molecule has 0 spiro atoms. The smallest absolute Gasteiger partial charge is 0.259 e. The Labute approximate surface area is 130 Å². The van der Waals surface area contributed by atoms with Gasteiger partial charge in [-0.25, -0.2) is 0 Å². The number of carbonyl (C=O) groups excluding carboxylic acids is 1. The first-order valence-electron chi connectivity index (χ1n) is 5.92. The van der Waals surface area contributed by atoms with Crippen LogP contribution in [0.15, 0.2) is 34.9 Å². The number of benzene rings is 1. The fourth-order valence-corrected chi connectivity index (χ4v) is 2.45. The summed E-state index contributed by atoms with van der Waals surface area (Å²) in [5.41, 5.74) is 2.59. The zero-order valence-electron chi connectivity index (χ0n) is 11.0. The quantitative estimate of drug-likeness (QED) is 0.872. The number of aromatic nitrogens is 1. The van der Waals surface area contributed by atoms with E-state index in [9.17, 15) is 4.79 Å². The number of carbonyl (C=O) groups is 1. The molecule has 1 heterocycles. The van der Waals surface area contributed by atoms with Crippen LogP contribution >= 0.6 is 27.5 Å². The molecule has 0 saturated carbocycles. The van der Waals surface area contributed by atoms with Crippen LogP contribution < -0.4 is 10.6 Å². The van der Waals surface area contributed by atoms with Gasteiger partial charge in [-0.1, -0.05) is 27.5 Å². The van der Waals surface area contributed by atoms with Gasteiger partial charge in [0.25, 0.3) is 5.91 Å². The molecule has 0 aliphatic carbocycles. The lowest BCUT2D eigenvalue weighted by Gasteiger charge is -2.11. The van der Waals surface area contributed by atoms with Gasteiger partial charge in [0.15, 0.2) is 0 Å². The van der Waals surface area contributed by atoms with Gasteiger partial charge in [-0.2, -0.15) is 0 Å². The summed E-state index contributed by atoms with van der Waals surface area (Å²) in [5.74, 6) is -0.258. The predicted octanol–water partition coefficient (Wildman–Crippen LogP) is 4.10. The van der Waals surface area contributed by atoms with Crippen LogP contribution in [0, 0.1) is 6.92 Å². The van der Waals surface area contributed by atoms with Crippen LogP contribution in [-0.2, 0) is 0 Å². The highest BCUT2D eigenvalue weighted by Crippen LogP contribution is 2.26. The van der Waals surface area contributed by atoms with Crippen molar-refractivity contribution in [3.8, 4) is 0 Å². The Balaban J connectivity index is 2.28. The summed E-state index contributed by atoms with van der Waals surface area (Å²) in [6.07, 6.45) is 1.54. The Hall–Kier alpha value is -1.59. The molecule has 1 amide bonds. The van der Waals surface area contributed by atoms with Gasteiger partial charge in [-0.05, 0) is 31.2 Å². The van der Waals surface area contributed by atoms with Crippen molar-refractivity contribution in [3.63, 3.8) is 0 Å². The zero-order valence-corrected chi connectivity index (χ0v) is 13.3. The number of amides is 1. The van der Waals surface area contributed by atoms with Crippen molar-refractivity contribution in [3.05, 3.63) is 51.2 Å². The topological polar surface area (TPSA) is 54.0 Å². The largest absolute Gasteiger partial charge is 0.387 e. The Morgan fingerprint density at radius 2 is 2.05 bits per heavy atom. The average Bonchev–Trinajstić information content (AvgIpc) is 2.41. The van der Waals surface area contributed by atoms with E-state index in [1.807, 2.05) is 19.1 Å². The van der Waals surface area contributed by atoms with E-state index in [4.69, 9.17) is 11.6 Å². The number of aryl methyl sites for hydroxylation is 1. The molecule has 0 aliphatic heterocycles. The van der Waals surface area contributed by atoms with Crippen molar-refractivity contribution in [2.24, 2.45) is 0 Å². The van der Waals surface area contributed by atoms with E-state index >= 15 is 0 Å². The van der Waals surface area contributed by atoms with Gasteiger partial charge in [0.1, 0.15) is 0 Å². The molecule has 0 unspecified atom stereocenters. The number of rotatable bonds is 3. The van der Waals surface area contributed by atoms with Gasteiger partial charge in [0.2, 0.25) is 0 Å². The highest BCUT2D eigenvalue weighted by Gasteiger charge is 2.13. The van der Waals surface area contributed by atoms with E-state index in [-0.39, 0.29) is 5.91 Å². The Morgan fingerprint density at radius 3 is 2.70 bits per heavy atom. The van der Waals surface area contributed by atoms with Crippen LogP contribution in [0.5, 0.6) is 0 Å². The predicted molar refractivity (Wildman–Crippen MR) is 85.6 cm³/mol. The summed E-state index contributed by atoms with van der Waals surface area (Å²) < 4.78 is 0.855. The van der Waals surface area contributed by atoms with Gasteiger partial charge >= 0.3 is 0 Å². The molecule has 6 heteroatoms. The van der Waals surface area contributed by atoms with Crippen molar-refractivity contribution in [1.82, 2.24) is 4.98 Å². The van der Waals surface area contributed by atoms with E-state index in [1.165, 1.54) is 0 Å². The minimum absolute atomic E-state index is 0.258. The first kappa shape index (κ1) is 14.8.